The standard InChI is InChI=1S/C102H62BN3O4/c1-3-25-63(26-4-1)72-33-7-13-47-88(72)106(89-48-14-8-34-73(89)64-27-5-2-6-28-64)71-61-92-98-93(62-71)105(70-32-20-30-66(58-70)75-40-22-44-83-79-36-10-16-50-95(79)108-100(75)83)91-60-68(77-42-24-46-85-81-38-12-18-52-97(81)110-102(77)85)54-56-87(91)103(98)86-55-53-67(76-41-23-45-84-80-37-11-17-51-96(80)109-101(76)84)59-90(86)104(92)69-31-19-29-65(57-69)74-39-21-43-82-78-35-9-15-49-94(78)107-99(74)82/h1-7,9-13,15-19,21-31,33-62H,8,14H2. The van der Waals surface area contributed by atoms with Crippen LogP contribution in [0.1, 0.15) is 18.4 Å². The van der Waals surface area contributed by atoms with E-state index in [0.717, 1.165) is 235 Å². The molecule has 0 atom stereocenters. The number of benzene rings is 15. The summed E-state index contributed by atoms with van der Waals surface area (Å²) in [6.07, 6.45) is 6.63. The predicted octanol–water partition coefficient (Wildman–Crippen LogP) is 26.2. The first kappa shape index (κ1) is 61.8. The minimum atomic E-state index is -0.332. The molecule has 1 aliphatic carbocycles. The van der Waals surface area contributed by atoms with Crippen molar-refractivity contribution in [2.24, 2.45) is 0 Å². The third-order valence-corrected chi connectivity index (χ3v) is 22.9. The molecule has 6 heterocycles. The second-order valence-electron chi connectivity index (χ2n) is 29.0. The normalized spacial score (nSPS) is 13.2. The molecule has 0 unspecified atom stereocenters. The van der Waals surface area contributed by atoms with E-state index in [0.29, 0.717) is 0 Å². The molecule has 0 N–H and O–H groups in total. The zero-order valence-electron chi connectivity index (χ0n) is 59.5. The molecule has 110 heavy (non-hydrogen) atoms. The van der Waals surface area contributed by atoms with E-state index >= 15 is 0 Å². The summed E-state index contributed by atoms with van der Waals surface area (Å²) in [5.74, 6) is 0. The summed E-state index contributed by atoms with van der Waals surface area (Å²) in [7, 11) is 0. The fourth-order valence-electron chi connectivity index (χ4n) is 18.1. The van der Waals surface area contributed by atoms with Crippen LogP contribution >= 0.6 is 0 Å². The predicted molar refractivity (Wildman–Crippen MR) is 455 cm³/mol. The maximum absolute atomic E-state index is 6.96. The van der Waals surface area contributed by atoms with Crippen LogP contribution in [0.25, 0.3) is 149 Å². The highest BCUT2D eigenvalue weighted by atomic mass is 16.3. The van der Waals surface area contributed by atoms with Crippen molar-refractivity contribution in [3.63, 3.8) is 0 Å². The smallest absolute Gasteiger partial charge is 0.252 e. The van der Waals surface area contributed by atoms with Gasteiger partial charge in [-0.3, -0.25) is 0 Å². The number of fused-ring (bicyclic) bond motifs is 16. The van der Waals surface area contributed by atoms with Gasteiger partial charge in [-0.05, 0) is 148 Å². The number of anilines is 8. The Bertz CT molecular complexity index is 6930. The van der Waals surface area contributed by atoms with Gasteiger partial charge in [-0.15, -0.1) is 0 Å². The molecule has 0 bridgehead atoms. The van der Waals surface area contributed by atoms with E-state index in [1.165, 1.54) is 0 Å². The fourth-order valence-corrected chi connectivity index (χ4v) is 18.1. The van der Waals surface area contributed by atoms with Crippen LogP contribution in [0.5, 0.6) is 0 Å². The highest BCUT2D eigenvalue weighted by Gasteiger charge is 2.45. The molecule has 512 valence electrons. The summed E-state index contributed by atoms with van der Waals surface area (Å²) in [5.41, 5.74) is 31.5. The van der Waals surface area contributed by atoms with Gasteiger partial charge in [0.1, 0.15) is 44.7 Å². The van der Waals surface area contributed by atoms with Gasteiger partial charge >= 0.3 is 0 Å². The monoisotopic (exact) mass is 1400 g/mol. The minimum absolute atomic E-state index is 0.332. The van der Waals surface area contributed by atoms with E-state index in [-0.39, 0.29) is 6.71 Å². The Labute approximate surface area is 634 Å². The van der Waals surface area contributed by atoms with Crippen molar-refractivity contribution < 1.29 is 17.7 Å². The van der Waals surface area contributed by atoms with Crippen LogP contribution in [0.3, 0.4) is 0 Å². The van der Waals surface area contributed by atoms with Crippen molar-refractivity contribution in [2.75, 3.05) is 14.7 Å². The topological polar surface area (TPSA) is 62.3 Å². The second kappa shape index (κ2) is 24.5. The number of para-hydroxylation sites is 9. The van der Waals surface area contributed by atoms with Gasteiger partial charge in [0.2, 0.25) is 0 Å². The number of allylic oxidation sites excluding steroid dienone is 3. The lowest BCUT2D eigenvalue weighted by Gasteiger charge is -2.45. The van der Waals surface area contributed by atoms with E-state index in [9.17, 15) is 0 Å². The summed E-state index contributed by atoms with van der Waals surface area (Å²) >= 11 is 0. The molecule has 0 saturated carbocycles. The molecule has 8 heteroatoms. The number of rotatable bonds is 11. The molecule has 23 rings (SSSR count). The molecule has 0 saturated heterocycles. The fraction of sp³-hybridized carbons (Fsp3) is 0.0196. The Balaban J connectivity index is 0.849. The lowest BCUT2D eigenvalue weighted by atomic mass is 9.33. The molecular weight excluding hydrogens is 1340 g/mol. The second-order valence-corrected chi connectivity index (χ2v) is 29.0. The van der Waals surface area contributed by atoms with Gasteiger partial charge in [0.15, 0.2) is 0 Å². The van der Waals surface area contributed by atoms with E-state index in [1.807, 2.05) is 18.2 Å². The van der Waals surface area contributed by atoms with Gasteiger partial charge in [-0.2, -0.15) is 0 Å². The van der Waals surface area contributed by atoms with Crippen molar-refractivity contribution in [1.29, 1.82) is 0 Å². The summed E-state index contributed by atoms with van der Waals surface area (Å²) < 4.78 is 27.7. The molecule has 4 aromatic heterocycles. The van der Waals surface area contributed by atoms with Gasteiger partial charge in [0.25, 0.3) is 6.71 Å². The molecule has 0 spiro atoms. The molecule has 0 radical (unpaired) electrons. The Morgan fingerprint density at radius 2 is 0.727 bits per heavy atom. The van der Waals surface area contributed by atoms with Crippen LogP contribution < -0.4 is 31.1 Å². The Morgan fingerprint density at radius 1 is 0.309 bits per heavy atom. The molecule has 3 aliphatic rings. The molecule has 16 aromatic carbocycles. The van der Waals surface area contributed by atoms with Gasteiger partial charge in [-0.25, -0.2) is 0 Å². The summed E-state index contributed by atoms with van der Waals surface area (Å²) in [4.78, 5) is 7.59. The Kier molecular flexibility index (Phi) is 13.8. The Hall–Kier alpha value is -14.5. The van der Waals surface area contributed by atoms with Crippen molar-refractivity contribution in [3.05, 3.63) is 375 Å². The van der Waals surface area contributed by atoms with Crippen molar-refractivity contribution >= 4 is 162 Å². The van der Waals surface area contributed by atoms with E-state index < -0.39 is 0 Å². The van der Waals surface area contributed by atoms with Crippen molar-refractivity contribution in [2.45, 2.75) is 12.8 Å². The Morgan fingerprint density at radius 3 is 1.27 bits per heavy atom. The van der Waals surface area contributed by atoms with Gasteiger partial charge in [0.05, 0.1) is 17.1 Å². The van der Waals surface area contributed by atoms with Gasteiger partial charge < -0.3 is 32.4 Å². The van der Waals surface area contributed by atoms with Crippen LogP contribution in [0.2, 0.25) is 0 Å². The molecule has 0 fully saturated rings. The SMILES string of the molecule is c1cc(-c2cccc3c2oc2ccccc23)cc(N2c3cc(-c4cccc5c4oc4ccccc45)ccc3B3c4ccc(-c5cccc6c5oc5ccccc56)cc4N(c4cccc(-c5cccc6c5oc5ccccc56)c4)c4cc(N(C5=CCCC=C5c5ccccc5)c5ccccc5-c5ccccc5)cc2c43)c#1. The largest absolute Gasteiger partial charge is 0.455 e. The molecule has 2 aliphatic heterocycles. The van der Waals surface area contributed by atoms with Gasteiger partial charge in [0, 0.05) is 111 Å². The lowest BCUT2D eigenvalue weighted by molar-refractivity contribution is 0.669. The highest BCUT2D eigenvalue weighted by Crippen LogP contribution is 2.53. The summed E-state index contributed by atoms with van der Waals surface area (Å²) in [6, 6.07) is 130. The number of nitrogens with zero attached hydrogens (tertiary/aromatic N) is 3. The lowest BCUT2D eigenvalue weighted by Crippen LogP contribution is -2.61. The van der Waals surface area contributed by atoms with E-state index in [2.05, 4.69) is 361 Å². The number of hydrogen-bond donors (Lipinski definition) is 0. The van der Waals surface area contributed by atoms with E-state index in [1.54, 1.807) is 0 Å². The van der Waals surface area contributed by atoms with Gasteiger partial charge in [-0.1, -0.05) is 279 Å². The van der Waals surface area contributed by atoms with Crippen LogP contribution in [0, 0.1) is 12.1 Å². The van der Waals surface area contributed by atoms with Crippen molar-refractivity contribution in [1.82, 2.24) is 0 Å². The van der Waals surface area contributed by atoms with Crippen LogP contribution in [0.15, 0.2) is 375 Å². The molecule has 7 nitrogen and oxygen atoms in total. The first-order chi connectivity index (χ1) is 54.6. The molecule has 0 amide bonds. The maximum atomic E-state index is 6.96. The quantitative estimate of drug-likeness (QED) is 0.120. The zero-order chi connectivity index (χ0) is 72.1. The molecular formula is C102H62BN3O4. The van der Waals surface area contributed by atoms with Crippen molar-refractivity contribution in [3.8, 4) is 55.6 Å². The number of hydrogen-bond acceptors (Lipinski definition) is 7. The first-order valence-electron chi connectivity index (χ1n) is 37.7. The summed E-state index contributed by atoms with van der Waals surface area (Å²) in [5, 5.41) is 8.56. The first-order valence-corrected chi connectivity index (χ1v) is 37.7. The summed E-state index contributed by atoms with van der Waals surface area (Å²) in [6.45, 7) is -0.332. The highest BCUT2D eigenvalue weighted by molar-refractivity contribution is 7.00. The molecule has 20 aromatic rings. The average Bonchev–Trinajstić information content (AvgIpc) is 1.06. The number of furan rings is 4. The average molecular weight is 1400 g/mol. The zero-order valence-corrected chi connectivity index (χ0v) is 59.5. The third-order valence-electron chi connectivity index (χ3n) is 22.9. The maximum Gasteiger partial charge on any atom is 0.252 e. The van der Waals surface area contributed by atoms with Crippen LogP contribution in [-0.2, 0) is 0 Å². The van der Waals surface area contributed by atoms with E-state index in [4.69, 9.17) is 17.7 Å². The minimum Gasteiger partial charge on any atom is -0.455 e. The van der Waals surface area contributed by atoms with Crippen LogP contribution in [0.4, 0.5) is 45.5 Å². The third kappa shape index (κ3) is 9.54. The van der Waals surface area contributed by atoms with Crippen LogP contribution in [-0.4, -0.2) is 6.71 Å².